The largest absolute Gasteiger partial charge is 0.356 e. The van der Waals surface area contributed by atoms with Gasteiger partial charge in [-0.1, -0.05) is 20.8 Å². The second-order valence-electron chi connectivity index (χ2n) is 7.56. The molecule has 2 aliphatic rings. The van der Waals surface area contributed by atoms with Gasteiger partial charge in [0.2, 0.25) is 11.8 Å². The van der Waals surface area contributed by atoms with Crippen LogP contribution in [0.3, 0.4) is 0 Å². The fraction of sp³-hybridized carbons (Fsp3) is 0.882. The van der Waals surface area contributed by atoms with Gasteiger partial charge in [0.25, 0.3) is 0 Å². The number of amides is 2. The van der Waals surface area contributed by atoms with Crippen LogP contribution in [0, 0.1) is 5.41 Å². The Morgan fingerprint density at radius 1 is 1.13 bits per heavy atom. The van der Waals surface area contributed by atoms with Gasteiger partial charge >= 0.3 is 0 Å². The maximum atomic E-state index is 12.0. The van der Waals surface area contributed by atoms with E-state index in [2.05, 4.69) is 10.6 Å². The van der Waals surface area contributed by atoms with E-state index in [4.69, 9.17) is 9.47 Å². The first-order valence-electron chi connectivity index (χ1n) is 8.66. The minimum atomic E-state index is -0.384. The Hall–Kier alpha value is -1.14. The summed E-state index contributed by atoms with van der Waals surface area (Å²) in [6, 6.07) is 0.213. The summed E-state index contributed by atoms with van der Waals surface area (Å²) in [7, 11) is 0. The monoisotopic (exact) mass is 326 g/mol. The molecule has 0 radical (unpaired) electrons. The van der Waals surface area contributed by atoms with Gasteiger partial charge in [-0.2, -0.15) is 0 Å². The standard InChI is InChI=1S/C17H30N2O4/c1-16(2,3)15(21)18-10-4-5-14(20)19-13-6-8-17(9-7-13)22-11-12-23-17/h13H,4-12H2,1-3H3,(H,18,21)(H,19,20). The third-order valence-corrected chi connectivity index (χ3v) is 4.47. The molecule has 0 aromatic carbocycles. The lowest BCUT2D eigenvalue weighted by Crippen LogP contribution is -2.44. The van der Waals surface area contributed by atoms with Crippen LogP contribution in [0.25, 0.3) is 0 Å². The fourth-order valence-electron chi connectivity index (χ4n) is 3.00. The summed E-state index contributed by atoms with van der Waals surface area (Å²) in [5.74, 6) is -0.297. The van der Waals surface area contributed by atoms with E-state index in [0.717, 1.165) is 25.7 Å². The lowest BCUT2D eigenvalue weighted by atomic mass is 9.90. The molecule has 2 N–H and O–H groups in total. The molecule has 2 amide bonds. The van der Waals surface area contributed by atoms with Gasteiger partial charge in [-0.25, -0.2) is 0 Å². The van der Waals surface area contributed by atoms with Crippen LogP contribution < -0.4 is 10.6 Å². The van der Waals surface area contributed by atoms with Crippen LogP contribution in [0.5, 0.6) is 0 Å². The highest BCUT2D eigenvalue weighted by molar-refractivity contribution is 5.81. The van der Waals surface area contributed by atoms with Crippen LogP contribution in [0.15, 0.2) is 0 Å². The Morgan fingerprint density at radius 2 is 1.74 bits per heavy atom. The molecule has 2 rings (SSSR count). The molecule has 1 heterocycles. The van der Waals surface area contributed by atoms with E-state index in [1.54, 1.807) is 0 Å². The Kier molecular flexibility index (Phi) is 6.03. The predicted molar refractivity (Wildman–Crippen MR) is 86.7 cm³/mol. The Bertz CT molecular complexity index is 415. The van der Waals surface area contributed by atoms with Crippen molar-refractivity contribution in [3.8, 4) is 0 Å². The van der Waals surface area contributed by atoms with Gasteiger partial charge in [-0.15, -0.1) is 0 Å². The Balaban J connectivity index is 1.58. The molecule has 6 heteroatoms. The lowest BCUT2D eigenvalue weighted by molar-refractivity contribution is -0.180. The Morgan fingerprint density at radius 3 is 2.30 bits per heavy atom. The molecule has 0 aromatic rings. The van der Waals surface area contributed by atoms with Crippen molar-refractivity contribution in [3.05, 3.63) is 0 Å². The molecule has 2 fully saturated rings. The first-order chi connectivity index (χ1) is 10.8. The number of ether oxygens (including phenoxy) is 2. The van der Waals surface area contributed by atoms with E-state index in [1.807, 2.05) is 20.8 Å². The summed E-state index contributed by atoms with van der Waals surface area (Å²) in [6.07, 6.45) is 4.59. The summed E-state index contributed by atoms with van der Waals surface area (Å²) < 4.78 is 11.4. The van der Waals surface area contributed by atoms with Gasteiger partial charge in [-0.3, -0.25) is 9.59 Å². The van der Waals surface area contributed by atoms with E-state index in [0.29, 0.717) is 32.6 Å². The second-order valence-corrected chi connectivity index (χ2v) is 7.56. The lowest BCUT2D eigenvalue weighted by Gasteiger charge is -2.35. The summed E-state index contributed by atoms with van der Waals surface area (Å²) in [5.41, 5.74) is -0.384. The van der Waals surface area contributed by atoms with Gasteiger partial charge < -0.3 is 20.1 Å². The summed E-state index contributed by atoms with van der Waals surface area (Å²) in [5, 5.41) is 5.94. The average molecular weight is 326 g/mol. The van der Waals surface area contributed by atoms with Crippen LogP contribution in [-0.4, -0.2) is 43.4 Å². The smallest absolute Gasteiger partial charge is 0.225 e. The van der Waals surface area contributed by atoms with Crippen molar-refractivity contribution in [1.29, 1.82) is 0 Å². The fourth-order valence-corrected chi connectivity index (χ4v) is 3.00. The van der Waals surface area contributed by atoms with Crippen LogP contribution in [0.1, 0.15) is 59.3 Å². The van der Waals surface area contributed by atoms with Gasteiger partial charge in [-0.05, 0) is 19.3 Å². The van der Waals surface area contributed by atoms with Crippen molar-refractivity contribution >= 4 is 11.8 Å². The molecule has 1 aliphatic carbocycles. The first-order valence-corrected chi connectivity index (χ1v) is 8.66. The summed E-state index contributed by atoms with van der Waals surface area (Å²) in [4.78, 5) is 23.7. The normalized spacial score (nSPS) is 21.3. The van der Waals surface area contributed by atoms with Crippen molar-refractivity contribution in [3.63, 3.8) is 0 Å². The van der Waals surface area contributed by atoms with Gasteiger partial charge in [0.05, 0.1) is 13.2 Å². The quantitative estimate of drug-likeness (QED) is 0.754. The number of hydrogen-bond acceptors (Lipinski definition) is 4. The molecular formula is C17H30N2O4. The third-order valence-electron chi connectivity index (χ3n) is 4.47. The van der Waals surface area contributed by atoms with Crippen molar-refractivity contribution in [1.82, 2.24) is 10.6 Å². The van der Waals surface area contributed by atoms with E-state index >= 15 is 0 Å². The molecule has 0 bridgehead atoms. The summed E-state index contributed by atoms with van der Waals surface area (Å²) in [6.45, 7) is 7.53. The maximum Gasteiger partial charge on any atom is 0.225 e. The van der Waals surface area contributed by atoms with E-state index in [9.17, 15) is 9.59 Å². The molecule has 1 aliphatic heterocycles. The van der Waals surface area contributed by atoms with E-state index in [-0.39, 0.29) is 29.1 Å². The van der Waals surface area contributed by atoms with Crippen molar-refractivity contribution in [2.45, 2.75) is 71.1 Å². The third kappa shape index (κ3) is 5.46. The van der Waals surface area contributed by atoms with Gasteiger partial charge in [0.1, 0.15) is 0 Å². The number of hydrogen-bond donors (Lipinski definition) is 2. The highest BCUT2D eigenvalue weighted by Crippen LogP contribution is 2.35. The number of carbonyl (C=O) groups excluding carboxylic acids is 2. The summed E-state index contributed by atoms with van der Waals surface area (Å²) >= 11 is 0. The molecule has 1 spiro atoms. The van der Waals surface area contributed by atoms with Crippen LogP contribution in [0.4, 0.5) is 0 Å². The highest BCUT2D eigenvalue weighted by Gasteiger charge is 2.40. The molecule has 0 aromatic heterocycles. The zero-order valence-electron chi connectivity index (χ0n) is 14.6. The second kappa shape index (κ2) is 7.62. The number of rotatable bonds is 5. The van der Waals surface area contributed by atoms with Crippen molar-refractivity contribution in [2.75, 3.05) is 19.8 Å². The Labute approximate surface area is 138 Å². The minimum Gasteiger partial charge on any atom is -0.356 e. The molecule has 0 unspecified atom stereocenters. The zero-order valence-corrected chi connectivity index (χ0v) is 14.6. The topological polar surface area (TPSA) is 76.7 Å². The first kappa shape index (κ1) is 18.2. The molecule has 132 valence electrons. The average Bonchev–Trinajstić information content (AvgIpc) is 2.93. The van der Waals surface area contributed by atoms with Crippen LogP contribution in [0.2, 0.25) is 0 Å². The van der Waals surface area contributed by atoms with Gasteiger partial charge in [0, 0.05) is 37.3 Å². The highest BCUT2D eigenvalue weighted by atomic mass is 16.7. The van der Waals surface area contributed by atoms with Crippen molar-refractivity contribution < 1.29 is 19.1 Å². The molecule has 1 saturated heterocycles. The minimum absolute atomic E-state index is 0.0204. The number of carbonyl (C=O) groups is 2. The zero-order chi connectivity index (χ0) is 16.9. The van der Waals surface area contributed by atoms with Crippen LogP contribution >= 0.6 is 0 Å². The van der Waals surface area contributed by atoms with Crippen molar-refractivity contribution in [2.24, 2.45) is 5.41 Å². The molecular weight excluding hydrogens is 296 g/mol. The molecule has 0 atom stereocenters. The molecule has 1 saturated carbocycles. The SMILES string of the molecule is CC(C)(C)C(=O)NCCCC(=O)NC1CCC2(CC1)OCCO2. The molecule has 6 nitrogen and oxygen atoms in total. The van der Waals surface area contributed by atoms with E-state index in [1.165, 1.54) is 0 Å². The maximum absolute atomic E-state index is 12.0. The molecule has 23 heavy (non-hydrogen) atoms. The van der Waals surface area contributed by atoms with Gasteiger partial charge in [0.15, 0.2) is 5.79 Å². The number of nitrogens with one attached hydrogen (secondary N) is 2. The predicted octanol–water partition coefficient (Wildman–Crippen LogP) is 1.73. The van der Waals surface area contributed by atoms with E-state index < -0.39 is 0 Å². The van der Waals surface area contributed by atoms with Crippen LogP contribution in [-0.2, 0) is 19.1 Å².